The van der Waals surface area contributed by atoms with E-state index >= 15 is 0 Å². The van der Waals surface area contributed by atoms with Gasteiger partial charge in [0.15, 0.2) is 11.5 Å². The molecule has 174 valence electrons. The molecule has 0 fully saturated rings. The monoisotopic (exact) mass is 471 g/mol. The number of thioether (sulfide) groups is 1. The summed E-state index contributed by atoms with van der Waals surface area (Å²) < 4.78 is 17.1. The molecule has 3 aromatic rings. The maximum Gasteiger partial charge on any atom is 0.264 e. The van der Waals surface area contributed by atoms with Crippen LogP contribution in [0.5, 0.6) is 17.2 Å². The third-order valence-electron chi connectivity index (χ3n) is 4.23. The number of nitrogens with two attached hydrogens (primary N) is 1. The molecular formula is C21H25N7O4S. The zero-order valence-electron chi connectivity index (χ0n) is 18.4. The molecule has 0 saturated heterocycles. The molecule has 0 spiro atoms. The number of nitrogens with one attached hydrogen (secondary N) is 2. The van der Waals surface area contributed by atoms with Gasteiger partial charge in [-0.15, -0.1) is 10.2 Å². The number of ether oxygens (including phenoxy) is 3. The molecule has 11 nitrogen and oxygen atoms in total. The Morgan fingerprint density at radius 2 is 1.91 bits per heavy atom. The number of methoxy groups -OCH3 is 2. The first-order valence-electron chi connectivity index (χ1n) is 9.91. The molecular weight excluding hydrogens is 446 g/mol. The largest absolute Gasteiger partial charge is 0.494 e. The third-order valence-corrected chi connectivity index (χ3v) is 5.17. The van der Waals surface area contributed by atoms with Crippen LogP contribution in [-0.4, -0.2) is 53.6 Å². The van der Waals surface area contributed by atoms with Crippen LogP contribution in [0, 0.1) is 0 Å². The second-order valence-corrected chi connectivity index (χ2v) is 7.40. The summed E-state index contributed by atoms with van der Waals surface area (Å²) in [5.74, 6) is 8.09. The summed E-state index contributed by atoms with van der Waals surface area (Å²) in [6, 6.07) is 12.5. The van der Waals surface area contributed by atoms with Crippen LogP contribution in [0.15, 0.2) is 52.7 Å². The molecule has 0 atom stereocenters. The second-order valence-electron chi connectivity index (χ2n) is 6.45. The van der Waals surface area contributed by atoms with E-state index in [0.29, 0.717) is 28.9 Å². The van der Waals surface area contributed by atoms with Gasteiger partial charge in [0.05, 0.1) is 32.8 Å². The van der Waals surface area contributed by atoms with Gasteiger partial charge in [-0.1, -0.05) is 11.8 Å². The lowest BCUT2D eigenvalue weighted by Gasteiger charge is -2.07. The number of hydrazone groups is 1. The van der Waals surface area contributed by atoms with E-state index in [1.54, 1.807) is 56.8 Å². The summed E-state index contributed by atoms with van der Waals surface area (Å²) in [5.41, 5.74) is 4.18. The number of carbonyl (C=O) groups excluding carboxylic acids is 1. The Bertz CT molecular complexity index is 1100. The van der Waals surface area contributed by atoms with Crippen molar-refractivity contribution in [3.63, 3.8) is 0 Å². The molecule has 0 bridgehead atoms. The van der Waals surface area contributed by atoms with Crippen molar-refractivity contribution in [2.75, 3.05) is 43.2 Å². The van der Waals surface area contributed by atoms with Gasteiger partial charge in [-0.25, -0.2) is 10.1 Å². The van der Waals surface area contributed by atoms with E-state index in [2.05, 4.69) is 26.0 Å². The normalized spacial score (nSPS) is 10.8. The Hall–Kier alpha value is -3.93. The zero-order valence-corrected chi connectivity index (χ0v) is 19.3. The number of nitrogens with zero attached hydrogens (tertiary/aromatic N) is 4. The first kappa shape index (κ1) is 23.7. The van der Waals surface area contributed by atoms with E-state index in [-0.39, 0.29) is 17.6 Å². The van der Waals surface area contributed by atoms with Gasteiger partial charge in [-0.3, -0.25) is 4.79 Å². The maximum absolute atomic E-state index is 12.2. The summed E-state index contributed by atoms with van der Waals surface area (Å²) in [5, 5.41) is 15.2. The molecule has 1 heterocycles. The van der Waals surface area contributed by atoms with Crippen molar-refractivity contribution in [1.82, 2.24) is 14.9 Å². The minimum absolute atomic E-state index is 0.109. The number of benzene rings is 2. The molecule has 0 aliphatic carbocycles. The van der Waals surface area contributed by atoms with Crippen molar-refractivity contribution >= 4 is 35.5 Å². The number of anilines is 2. The lowest BCUT2D eigenvalue weighted by Crippen LogP contribution is -2.16. The van der Waals surface area contributed by atoms with Gasteiger partial charge in [-0.05, 0) is 55.0 Å². The number of hydrogen-bond acceptors (Lipinski definition) is 10. The van der Waals surface area contributed by atoms with E-state index in [1.165, 1.54) is 4.68 Å². The van der Waals surface area contributed by atoms with Gasteiger partial charge in [0, 0.05) is 5.69 Å². The van der Waals surface area contributed by atoms with Crippen molar-refractivity contribution in [1.29, 1.82) is 0 Å². The van der Waals surface area contributed by atoms with E-state index in [1.807, 2.05) is 13.0 Å². The average molecular weight is 472 g/mol. The highest BCUT2D eigenvalue weighted by Crippen LogP contribution is 2.27. The molecule has 12 heteroatoms. The first-order valence-corrected chi connectivity index (χ1v) is 10.9. The molecule has 0 aliphatic rings. The Balaban J connectivity index is 1.52. The number of amides is 1. The molecule has 4 N–H and O–H groups in total. The number of carbonyl (C=O) groups is 1. The van der Waals surface area contributed by atoms with Gasteiger partial charge in [0.1, 0.15) is 5.75 Å². The average Bonchev–Trinajstić information content (AvgIpc) is 3.18. The van der Waals surface area contributed by atoms with E-state index in [9.17, 15) is 4.79 Å². The van der Waals surface area contributed by atoms with Crippen LogP contribution in [0.4, 0.5) is 11.6 Å². The Morgan fingerprint density at radius 3 is 2.61 bits per heavy atom. The van der Waals surface area contributed by atoms with Crippen molar-refractivity contribution in [3.8, 4) is 17.2 Å². The number of aromatic nitrogens is 3. The van der Waals surface area contributed by atoms with Gasteiger partial charge >= 0.3 is 0 Å². The predicted molar refractivity (Wildman–Crippen MR) is 128 cm³/mol. The molecule has 0 saturated carbocycles. The molecule has 0 aliphatic heterocycles. The predicted octanol–water partition coefficient (Wildman–Crippen LogP) is 2.58. The summed E-state index contributed by atoms with van der Waals surface area (Å²) in [6.45, 7) is 2.50. The molecule has 1 amide bonds. The van der Waals surface area contributed by atoms with Crippen molar-refractivity contribution in [2.45, 2.75) is 12.1 Å². The fourth-order valence-electron chi connectivity index (χ4n) is 2.68. The number of hydrogen-bond donors (Lipinski definition) is 3. The molecule has 0 unspecified atom stereocenters. The van der Waals surface area contributed by atoms with E-state index in [4.69, 9.17) is 20.1 Å². The van der Waals surface area contributed by atoms with Crippen LogP contribution in [0.3, 0.4) is 0 Å². The topological polar surface area (TPSA) is 138 Å². The fourth-order valence-corrected chi connectivity index (χ4v) is 3.33. The van der Waals surface area contributed by atoms with Gasteiger partial charge in [0.2, 0.25) is 11.1 Å². The smallest absolute Gasteiger partial charge is 0.264 e. The second kappa shape index (κ2) is 11.6. The van der Waals surface area contributed by atoms with Crippen molar-refractivity contribution in [2.24, 2.45) is 5.10 Å². The van der Waals surface area contributed by atoms with E-state index < -0.39 is 0 Å². The number of nitrogen functional groups attached to an aromatic ring is 1. The maximum atomic E-state index is 12.2. The van der Waals surface area contributed by atoms with Crippen LogP contribution in [0.2, 0.25) is 0 Å². The summed E-state index contributed by atoms with van der Waals surface area (Å²) in [6.07, 6.45) is 1.58. The molecule has 3 rings (SSSR count). The van der Waals surface area contributed by atoms with Crippen molar-refractivity contribution in [3.05, 3.63) is 48.0 Å². The quantitative estimate of drug-likeness (QED) is 0.167. The van der Waals surface area contributed by atoms with Crippen LogP contribution in [-0.2, 0) is 4.79 Å². The highest BCUT2D eigenvalue weighted by molar-refractivity contribution is 7.99. The van der Waals surface area contributed by atoms with Crippen molar-refractivity contribution < 1.29 is 19.0 Å². The van der Waals surface area contributed by atoms with Crippen LogP contribution in [0.25, 0.3) is 0 Å². The first-order chi connectivity index (χ1) is 16.0. The summed E-state index contributed by atoms with van der Waals surface area (Å²) in [4.78, 5) is 12.2. The minimum atomic E-state index is -0.201. The van der Waals surface area contributed by atoms with Gasteiger partial charge in [-0.2, -0.15) is 5.10 Å². The number of rotatable bonds is 11. The van der Waals surface area contributed by atoms with E-state index in [0.717, 1.165) is 23.1 Å². The van der Waals surface area contributed by atoms with Gasteiger partial charge < -0.3 is 25.4 Å². The van der Waals surface area contributed by atoms with Crippen LogP contribution < -0.4 is 30.8 Å². The Kier molecular flexibility index (Phi) is 8.36. The Morgan fingerprint density at radius 1 is 1.15 bits per heavy atom. The fraction of sp³-hybridized carbons (Fsp3) is 0.238. The zero-order chi connectivity index (χ0) is 23.6. The van der Waals surface area contributed by atoms with Crippen LogP contribution in [0.1, 0.15) is 12.5 Å². The Labute approximate surface area is 195 Å². The lowest BCUT2D eigenvalue weighted by molar-refractivity contribution is -0.113. The molecule has 2 aromatic carbocycles. The molecule has 33 heavy (non-hydrogen) atoms. The lowest BCUT2D eigenvalue weighted by atomic mass is 10.2. The molecule has 1 aromatic heterocycles. The highest BCUT2D eigenvalue weighted by atomic mass is 32.2. The van der Waals surface area contributed by atoms with Crippen LogP contribution >= 0.6 is 11.8 Å². The van der Waals surface area contributed by atoms with Gasteiger partial charge in [0.25, 0.3) is 5.95 Å². The highest BCUT2D eigenvalue weighted by Gasteiger charge is 2.12. The third kappa shape index (κ3) is 6.53. The summed E-state index contributed by atoms with van der Waals surface area (Å²) >= 11 is 1.15. The summed E-state index contributed by atoms with van der Waals surface area (Å²) in [7, 11) is 3.13. The SMILES string of the molecule is CCOc1ccc(NC(=O)CSc2nnc(N/N=C/c3ccc(OC)c(OC)c3)n2N)cc1. The standard InChI is InChI=1S/C21H25N7O4S/c1-4-32-16-8-6-15(7-9-16)24-19(29)13-33-21-27-26-20(28(21)22)25-23-12-14-5-10-17(30-2)18(11-14)31-3/h5-12H,4,13,22H2,1-3H3,(H,24,29)(H,25,26)/b23-12+. The minimum Gasteiger partial charge on any atom is -0.494 e. The molecule has 0 radical (unpaired) electrons.